The van der Waals surface area contributed by atoms with E-state index >= 15 is 0 Å². The fourth-order valence-corrected chi connectivity index (χ4v) is 9.15. The highest BCUT2D eigenvalue weighted by Crippen LogP contribution is 2.44. The SMILES string of the molecule is N#Cc1cc(-c2c(C#N)ccc(C#N)c2-n2c3ccccc3c3cc4oc5ccccc5c4cc32)ccc1-n1c2ccccc2c2cc3oc4ccccc4c3cc21. The minimum atomic E-state index is 0.387. The lowest BCUT2D eigenvalue weighted by Crippen LogP contribution is -2.04. The number of nitrogens with zero attached hydrogens (tertiary/aromatic N) is 5. The minimum Gasteiger partial charge on any atom is -0.456 e. The van der Waals surface area contributed by atoms with E-state index in [9.17, 15) is 15.8 Å². The molecule has 0 radical (unpaired) electrons. The van der Waals surface area contributed by atoms with Gasteiger partial charge in [-0.25, -0.2) is 0 Å². The topological polar surface area (TPSA) is 108 Å². The lowest BCUT2D eigenvalue weighted by Gasteiger charge is -2.18. The standard InChI is InChI=1S/C51H25N5O2/c52-26-30-17-18-31(27-53)51(56-43-14-6-2-10-34(43)38-25-49-40(23-45(38)56)36-12-4-8-16-47(36)58-49)50(30)29-19-20-41(32(21-29)28-54)55-42-13-5-1-9-33(42)37-24-48-39(22-44(37)55)35-11-3-7-15-46(35)57-48/h1-25H. The molecule has 12 rings (SSSR count). The molecule has 4 aromatic heterocycles. The second-order valence-electron chi connectivity index (χ2n) is 14.6. The highest BCUT2D eigenvalue weighted by molar-refractivity contribution is 6.19. The van der Waals surface area contributed by atoms with Gasteiger partial charge in [0.05, 0.1) is 56.2 Å². The highest BCUT2D eigenvalue weighted by atomic mass is 16.3. The maximum Gasteiger partial charge on any atom is 0.136 e. The quantitative estimate of drug-likeness (QED) is 0.179. The molecule has 7 nitrogen and oxygen atoms in total. The lowest BCUT2D eigenvalue weighted by atomic mass is 9.93. The average molecular weight is 740 g/mol. The molecule has 0 amide bonds. The van der Waals surface area contributed by atoms with Crippen LogP contribution in [0.5, 0.6) is 0 Å². The number of fused-ring (bicyclic) bond motifs is 12. The van der Waals surface area contributed by atoms with Gasteiger partial charge in [0, 0.05) is 48.7 Å². The van der Waals surface area contributed by atoms with Crippen molar-refractivity contribution in [3.63, 3.8) is 0 Å². The van der Waals surface area contributed by atoms with E-state index in [4.69, 9.17) is 8.83 Å². The summed E-state index contributed by atoms with van der Waals surface area (Å²) in [6.07, 6.45) is 0. The smallest absolute Gasteiger partial charge is 0.136 e. The zero-order valence-corrected chi connectivity index (χ0v) is 30.5. The van der Waals surface area contributed by atoms with Crippen LogP contribution < -0.4 is 0 Å². The molecular weight excluding hydrogens is 715 g/mol. The van der Waals surface area contributed by atoms with Gasteiger partial charge in [-0.2, -0.15) is 15.8 Å². The van der Waals surface area contributed by atoms with Crippen molar-refractivity contribution in [2.75, 3.05) is 0 Å². The Morgan fingerprint density at radius 3 is 1.45 bits per heavy atom. The zero-order valence-electron chi connectivity index (χ0n) is 30.5. The van der Waals surface area contributed by atoms with Crippen LogP contribution in [-0.2, 0) is 0 Å². The summed E-state index contributed by atoms with van der Waals surface area (Å²) >= 11 is 0. The maximum absolute atomic E-state index is 10.9. The Morgan fingerprint density at radius 1 is 0.362 bits per heavy atom. The van der Waals surface area contributed by atoms with E-state index in [-0.39, 0.29) is 0 Å². The molecule has 0 aliphatic carbocycles. The highest BCUT2D eigenvalue weighted by Gasteiger charge is 2.25. The first-order valence-corrected chi connectivity index (χ1v) is 18.8. The lowest BCUT2D eigenvalue weighted by molar-refractivity contribution is 0.669. The predicted octanol–water partition coefficient (Wildman–Crippen LogP) is 13.0. The summed E-state index contributed by atoms with van der Waals surface area (Å²) in [5.41, 5.74) is 10.5. The van der Waals surface area contributed by atoms with Gasteiger partial charge in [0.2, 0.25) is 0 Å². The largest absolute Gasteiger partial charge is 0.456 e. The van der Waals surface area contributed by atoms with E-state index in [2.05, 4.69) is 75.9 Å². The van der Waals surface area contributed by atoms with Crippen LogP contribution in [0, 0.1) is 34.0 Å². The Hall–Kier alpha value is -8.57. The van der Waals surface area contributed by atoms with E-state index in [1.165, 1.54) is 0 Å². The molecule has 0 aliphatic rings. The van der Waals surface area contributed by atoms with Crippen molar-refractivity contribution in [3.8, 4) is 40.7 Å². The van der Waals surface area contributed by atoms with Crippen LogP contribution in [0.3, 0.4) is 0 Å². The Kier molecular flexibility index (Phi) is 6.41. The van der Waals surface area contributed by atoms with E-state index in [0.717, 1.165) is 87.5 Å². The van der Waals surface area contributed by atoms with Crippen LogP contribution in [0.1, 0.15) is 16.7 Å². The summed E-state index contributed by atoms with van der Waals surface area (Å²) in [6, 6.07) is 57.2. The fourth-order valence-electron chi connectivity index (χ4n) is 9.15. The first kappa shape index (κ1) is 31.7. The second-order valence-corrected chi connectivity index (χ2v) is 14.6. The number of hydrogen-bond donors (Lipinski definition) is 0. The number of rotatable bonds is 3. The van der Waals surface area contributed by atoms with E-state index < -0.39 is 0 Å². The Balaban J connectivity index is 1.14. The molecule has 0 spiro atoms. The molecule has 4 heterocycles. The maximum atomic E-state index is 10.9. The fraction of sp³-hybridized carbons (Fsp3) is 0. The van der Waals surface area contributed by atoms with Crippen molar-refractivity contribution >= 4 is 87.5 Å². The molecule has 0 unspecified atom stereocenters. The minimum absolute atomic E-state index is 0.387. The molecule has 0 fully saturated rings. The number of benzene rings is 8. The van der Waals surface area contributed by atoms with Gasteiger partial charge in [-0.15, -0.1) is 0 Å². The van der Waals surface area contributed by atoms with Gasteiger partial charge in [-0.3, -0.25) is 0 Å². The number of hydrogen-bond acceptors (Lipinski definition) is 5. The van der Waals surface area contributed by atoms with E-state index in [0.29, 0.717) is 39.2 Å². The van der Waals surface area contributed by atoms with Crippen LogP contribution in [-0.4, -0.2) is 9.13 Å². The molecule has 0 saturated heterocycles. The van der Waals surface area contributed by atoms with E-state index in [1.807, 2.05) is 91.0 Å². The Morgan fingerprint density at radius 2 is 0.862 bits per heavy atom. The van der Waals surface area contributed by atoms with Crippen molar-refractivity contribution in [1.82, 2.24) is 9.13 Å². The molecular formula is C51H25N5O2. The molecule has 0 bridgehead atoms. The molecule has 0 N–H and O–H groups in total. The summed E-state index contributed by atoms with van der Waals surface area (Å²) < 4.78 is 16.8. The van der Waals surface area contributed by atoms with Crippen molar-refractivity contribution in [3.05, 3.63) is 168 Å². The van der Waals surface area contributed by atoms with Gasteiger partial charge in [0.25, 0.3) is 0 Å². The number of aromatic nitrogens is 2. The molecule has 0 aliphatic heterocycles. The normalized spacial score (nSPS) is 11.7. The summed E-state index contributed by atoms with van der Waals surface area (Å²) in [6.45, 7) is 0. The molecule has 266 valence electrons. The Bertz CT molecular complexity index is 3910. The van der Waals surface area contributed by atoms with E-state index in [1.54, 1.807) is 12.1 Å². The van der Waals surface area contributed by atoms with Gasteiger partial charge in [-0.1, -0.05) is 78.9 Å². The van der Waals surface area contributed by atoms with Crippen molar-refractivity contribution in [1.29, 1.82) is 15.8 Å². The van der Waals surface area contributed by atoms with Crippen molar-refractivity contribution in [2.24, 2.45) is 0 Å². The third-order valence-corrected chi connectivity index (χ3v) is 11.6. The second kappa shape index (κ2) is 11.7. The monoisotopic (exact) mass is 739 g/mol. The Labute approximate surface area is 329 Å². The average Bonchev–Trinajstić information content (AvgIpc) is 4.01. The van der Waals surface area contributed by atoms with Gasteiger partial charge in [-0.05, 0) is 78.4 Å². The zero-order chi connectivity index (χ0) is 38.6. The van der Waals surface area contributed by atoms with Crippen LogP contribution in [0.25, 0.3) is 110 Å². The van der Waals surface area contributed by atoms with Gasteiger partial charge in [0.15, 0.2) is 0 Å². The van der Waals surface area contributed by atoms with Crippen LogP contribution in [0.2, 0.25) is 0 Å². The van der Waals surface area contributed by atoms with Gasteiger partial charge in [0.1, 0.15) is 34.5 Å². The summed E-state index contributed by atoms with van der Waals surface area (Å²) in [5.74, 6) is 0. The molecule has 12 aromatic rings. The van der Waals surface area contributed by atoms with Gasteiger partial charge < -0.3 is 18.0 Å². The number of furan rings is 2. The van der Waals surface area contributed by atoms with Crippen molar-refractivity contribution < 1.29 is 8.83 Å². The molecule has 8 aromatic carbocycles. The summed E-state index contributed by atoms with van der Waals surface area (Å²) in [4.78, 5) is 0. The molecule has 0 saturated carbocycles. The number of para-hydroxylation sites is 4. The molecule has 58 heavy (non-hydrogen) atoms. The number of nitriles is 3. The van der Waals surface area contributed by atoms with Gasteiger partial charge >= 0.3 is 0 Å². The third kappa shape index (κ3) is 4.23. The predicted molar refractivity (Wildman–Crippen MR) is 229 cm³/mol. The van der Waals surface area contributed by atoms with Crippen LogP contribution in [0.15, 0.2) is 160 Å². The summed E-state index contributed by atoms with van der Waals surface area (Å²) in [5, 5.41) is 40.3. The van der Waals surface area contributed by atoms with Crippen LogP contribution in [0.4, 0.5) is 0 Å². The molecule has 0 atom stereocenters. The molecule has 7 heteroatoms. The first-order valence-electron chi connectivity index (χ1n) is 18.8. The first-order chi connectivity index (χ1) is 28.6. The summed E-state index contributed by atoms with van der Waals surface area (Å²) in [7, 11) is 0. The van der Waals surface area contributed by atoms with Crippen LogP contribution >= 0.6 is 0 Å². The third-order valence-electron chi connectivity index (χ3n) is 11.6. The van der Waals surface area contributed by atoms with Crippen molar-refractivity contribution in [2.45, 2.75) is 0 Å².